The molecule has 0 spiro atoms. The largest absolute Gasteiger partial charge is 0.508 e. The number of phenols is 1. The first-order chi connectivity index (χ1) is 8.65. The second-order valence-corrected chi connectivity index (χ2v) is 3.94. The van der Waals surface area contributed by atoms with E-state index in [-0.39, 0.29) is 17.6 Å². The van der Waals surface area contributed by atoms with Gasteiger partial charge in [0.15, 0.2) is 0 Å². The van der Waals surface area contributed by atoms with Crippen LogP contribution < -0.4 is 5.32 Å². The van der Waals surface area contributed by atoms with Gasteiger partial charge < -0.3 is 15.2 Å². The van der Waals surface area contributed by atoms with E-state index in [1.807, 2.05) is 0 Å². The molecule has 94 valence electrons. The Bertz CT molecular complexity index is 478. The molecule has 1 fully saturated rings. The van der Waals surface area contributed by atoms with Gasteiger partial charge in [0, 0.05) is 12.5 Å². The molecular weight excluding hydrogens is 234 g/mol. The lowest BCUT2D eigenvalue weighted by molar-refractivity contribution is -0.140. The van der Waals surface area contributed by atoms with Gasteiger partial charge in [-0.05, 0) is 23.8 Å². The molecule has 0 radical (unpaired) electrons. The number of carbonyl (C=O) groups excluding carboxylic acids is 2. The van der Waals surface area contributed by atoms with Gasteiger partial charge >= 0.3 is 5.97 Å². The summed E-state index contributed by atoms with van der Waals surface area (Å²) in [4.78, 5) is 22.7. The molecule has 0 saturated carbocycles. The molecule has 1 aromatic rings. The Morgan fingerprint density at radius 3 is 2.72 bits per heavy atom. The average Bonchev–Trinajstić information content (AvgIpc) is 2.74. The van der Waals surface area contributed by atoms with Crippen LogP contribution in [0.1, 0.15) is 12.0 Å². The van der Waals surface area contributed by atoms with Gasteiger partial charge in [-0.1, -0.05) is 12.1 Å². The van der Waals surface area contributed by atoms with Gasteiger partial charge in [0.2, 0.25) is 5.91 Å². The highest BCUT2D eigenvalue weighted by Gasteiger charge is 2.27. The number of esters is 1. The minimum absolute atomic E-state index is 0.172. The Balaban J connectivity index is 1.90. The van der Waals surface area contributed by atoms with Gasteiger partial charge in [0.05, 0.1) is 6.61 Å². The molecule has 2 N–H and O–H groups in total. The summed E-state index contributed by atoms with van der Waals surface area (Å²) in [6.07, 6.45) is 3.46. The van der Waals surface area contributed by atoms with Crippen molar-refractivity contribution in [1.82, 2.24) is 5.32 Å². The SMILES string of the molecule is O=C(C=Cc1ccc(O)cc1)N[C@H]1CCOC1=O. The summed E-state index contributed by atoms with van der Waals surface area (Å²) in [7, 11) is 0. The molecule has 18 heavy (non-hydrogen) atoms. The van der Waals surface area contributed by atoms with E-state index in [0.29, 0.717) is 13.0 Å². The number of rotatable bonds is 3. The molecule has 5 nitrogen and oxygen atoms in total. The van der Waals surface area contributed by atoms with Crippen LogP contribution in [0.4, 0.5) is 0 Å². The molecule has 1 saturated heterocycles. The number of cyclic esters (lactones) is 1. The van der Waals surface area contributed by atoms with Crippen molar-refractivity contribution < 1.29 is 19.4 Å². The van der Waals surface area contributed by atoms with Crippen molar-refractivity contribution in [2.45, 2.75) is 12.5 Å². The first-order valence-corrected chi connectivity index (χ1v) is 5.59. The van der Waals surface area contributed by atoms with Crippen LogP contribution in [0.15, 0.2) is 30.3 Å². The van der Waals surface area contributed by atoms with E-state index in [1.54, 1.807) is 18.2 Å². The third-order valence-corrected chi connectivity index (χ3v) is 2.57. The maximum Gasteiger partial charge on any atom is 0.328 e. The van der Waals surface area contributed by atoms with Crippen molar-refractivity contribution in [1.29, 1.82) is 0 Å². The van der Waals surface area contributed by atoms with Crippen LogP contribution in [0.5, 0.6) is 5.75 Å². The van der Waals surface area contributed by atoms with Crippen LogP contribution in [0.2, 0.25) is 0 Å². The molecule has 1 aliphatic heterocycles. The first-order valence-electron chi connectivity index (χ1n) is 5.59. The first kappa shape index (κ1) is 12.2. The van der Waals surface area contributed by atoms with Crippen molar-refractivity contribution in [2.75, 3.05) is 6.61 Å². The van der Waals surface area contributed by atoms with Gasteiger partial charge in [-0.15, -0.1) is 0 Å². The highest BCUT2D eigenvalue weighted by molar-refractivity contribution is 5.94. The van der Waals surface area contributed by atoms with E-state index in [0.717, 1.165) is 5.56 Å². The topological polar surface area (TPSA) is 75.6 Å². The molecule has 1 heterocycles. The van der Waals surface area contributed by atoms with Gasteiger partial charge in [0.1, 0.15) is 11.8 Å². The zero-order valence-electron chi connectivity index (χ0n) is 9.63. The lowest BCUT2D eigenvalue weighted by Gasteiger charge is -2.05. The Morgan fingerprint density at radius 2 is 2.11 bits per heavy atom. The fraction of sp³-hybridized carbons (Fsp3) is 0.231. The van der Waals surface area contributed by atoms with Crippen LogP contribution in [-0.4, -0.2) is 29.6 Å². The number of aromatic hydroxyl groups is 1. The fourth-order valence-electron chi connectivity index (χ4n) is 1.60. The van der Waals surface area contributed by atoms with E-state index >= 15 is 0 Å². The Hall–Kier alpha value is -2.30. The third-order valence-electron chi connectivity index (χ3n) is 2.57. The summed E-state index contributed by atoms with van der Waals surface area (Å²) in [5, 5.41) is 11.7. The summed E-state index contributed by atoms with van der Waals surface area (Å²) < 4.78 is 4.74. The third kappa shape index (κ3) is 3.10. The molecule has 1 atom stereocenters. The molecule has 0 aliphatic carbocycles. The molecule has 1 aliphatic rings. The van der Waals surface area contributed by atoms with Crippen LogP contribution in [0, 0.1) is 0 Å². The number of ether oxygens (including phenoxy) is 1. The Morgan fingerprint density at radius 1 is 1.39 bits per heavy atom. The van der Waals surface area contributed by atoms with Crippen molar-refractivity contribution >= 4 is 18.0 Å². The summed E-state index contributed by atoms with van der Waals surface area (Å²) >= 11 is 0. The zero-order valence-corrected chi connectivity index (χ0v) is 9.63. The highest BCUT2D eigenvalue weighted by Crippen LogP contribution is 2.11. The molecular formula is C13H13NO4. The zero-order chi connectivity index (χ0) is 13.0. The molecule has 0 unspecified atom stereocenters. The van der Waals surface area contributed by atoms with E-state index < -0.39 is 6.04 Å². The Kier molecular flexibility index (Phi) is 3.62. The molecule has 1 amide bonds. The lowest BCUT2D eigenvalue weighted by Crippen LogP contribution is -2.36. The van der Waals surface area contributed by atoms with Crippen molar-refractivity contribution in [3.8, 4) is 5.75 Å². The normalized spacial score (nSPS) is 18.9. The monoisotopic (exact) mass is 247 g/mol. The van der Waals surface area contributed by atoms with E-state index in [2.05, 4.69) is 5.32 Å². The molecule has 0 bridgehead atoms. The van der Waals surface area contributed by atoms with E-state index in [4.69, 9.17) is 9.84 Å². The number of hydrogen-bond donors (Lipinski definition) is 2. The minimum atomic E-state index is -0.540. The lowest BCUT2D eigenvalue weighted by atomic mass is 10.2. The highest BCUT2D eigenvalue weighted by atomic mass is 16.5. The minimum Gasteiger partial charge on any atom is -0.508 e. The van der Waals surface area contributed by atoms with E-state index in [9.17, 15) is 9.59 Å². The van der Waals surface area contributed by atoms with Crippen molar-refractivity contribution in [3.63, 3.8) is 0 Å². The van der Waals surface area contributed by atoms with Crippen molar-refractivity contribution in [2.24, 2.45) is 0 Å². The second kappa shape index (κ2) is 5.35. The second-order valence-electron chi connectivity index (χ2n) is 3.94. The van der Waals surface area contributed by atoms with Crippen LogP contribution in [0.25, 0.3) is 6.08 Å². The Labute approximate surface area is 104 Å². The maximum absolute atomic E-state index is 11.5. The van der Waals surface area contributed by atoms with Gasteiger partial charge in [-0.25, -0.2) is 4.79 Å². The summed E-state index contributed by atoms with van der Waals surface area (Å²) in [5.41, 5.74) is 0.789. The predicted octanol–water partition coefficient (Wildman–Crippen LogP) is 0.837. The predicted molar refractivity (Wildman–Crippen MR) is 64.6 cm³/mol. The molecule has 0 aromatic heterocycles. The number of nitrogens with one attached hydrogen (secondary N) is 1. The summed E-state index contributed by atoms with van der Waals surface area (Å²) in [6.45, 7) is 0.353. The van der Waals surface area contributed by atoms with E-state index in [1.165, 1.54) is 18.2 Å². The number of amides is 1. The standard InChI is InChI=1S/C13H13NO4/c15-10-4-1-9(2-5-10)3-6-12(16)14-11-7-8-18-13(11)17/h1-6,11,15H,7-8H2,(H,14,16)/t11-/m0/s1. The summed E-state index contributed by atoms with van der Waals surface area (Å²) in [5.74, 6) is -0.557. The molecule has 5 heteroatoms. The molecule has 2 rings (SSSR count). The average molecular weight is 247 g/mol. The van der Waals surface area contributed by atoms with Gasteiger partial charge in [0.25, 0.3) is 0 Å². The van der Waals surface area contributed by atoms with Crippen LogP contribution in [0.3, 0.4) is 0 Å². The quantitative estimate of drug-likeness (QED) is 0.613. The molecule has 1 aromatic carbocycles. The van der Waals surface area contributed by atoms with Gasteiger partial charge in [-0.3, -0.25) is 4.79 Å². The summed E-state index contributed by atoms with van der Waals surface area (Å²) in [6, 6.07) is 5.89. The van der Waals surface area contributed by atoms with Crippen LogP contribution >= 0.6 is 0 Å². The number of benzene rings is 1. The fourth-order valence-corrected chi connectivity index (χ4v) is 1.60. The van der Waals surface area contributed by atoms with Crippen LogP contribution in [-0.2, 0) is 14.3 Å². The number of phenolic OH excluding ortho intramolecular Hbond substituents is 1. The smallest absolute Gasteiger partial charge is 0.328 e. The maximum atomic E-state index is 11.5. The van der Waals surface area contributed by atoms with Crippen molar-refractivity contribution in [3.05, 3.63) is 35.9 Å². The van der Waals surface area contributed by atoms with Gasteiger partial charge in [-0.2, -0.15) is 0 Å². The number of carbonyl (C=O) groups is 2. The number of hydrogen-bond acceptors (Lipinski definition) is 4.